The molecule has 2 aromatic rings. The maximum absolute atomic E-state index is 12.1. The number of aromatic nitrogens is 1. The summed E-state index contributed by atoms with van der Waals surface area (Å²) < 4.78 is 29.8. The van der Waals surface area contributed by atoms with Gasteiger partial charge in [0.25, 0.3) is 0 Å². The van der Waals surface area contributed by atoms with Gasteiger partial charge in [-0.3, -0.25) is 9.10 Å². The van der Waals surface area contributed by atoms with Crippen LogP contribution in [0.4, 0.5) is 11.5 Å². The molecule has 1 aromatic heterocycles. The van der Waals surface area contributed by atoms with Crippen LogP contribution in [0.2, 0.25) is 0 Å². The van der Waals surface area contributed by atoms with Crippen molar-refractivity contribution in [3.8, 4) is 0 Å². The SMILES string of the molecule is Cc1cc(N(CCC(=O)Nc2ccc(C)c(C)c2)S(C)(=O)=O)no1. The quantitative estimate of drug-likeness (QED) is 0.862. The van der Waals surface area contributed by atoms with Crippen molar-refractivity contribution in [2.24, 2.45) is 0 Å². The van der Waals surface area contributed by atoms with Crippen LogP contribution >= 0.6 is 0 Å². The minimum atomic E-state index is -3.55. The number of hydrogen-bond donors (Lipinski definition) is 1. The Bertz CT molecular complexity index is 843. The maximum atomic E-state index is 12.1. The molecule has 0 unspecified atom stereocenters. The van der Waals surface area contributed by atoms with Gasteiger partial charge >= 0.3 is 0 Å². The molecule has 0 aliphatic heterocycles. The Labute approximate surface area is 141 Å². The zero-order valence-corrected chi connectivity index (χ0v) is 15.0. The maximum Gasteiger partial charge on any atom is 0.233 e. The largest absolute Gasteiger partial charge is 0.360 e. The first-order valence-electron chi connectivity index (χ1n) is 7.45. The molecule has 0 spiro atoms. The van der Waals surface area contributed by atoms with Crippen LogP contribution in [0.1, 0.15) is 23.3 Å². The van der Waals surface area contributed by atoms with Crippen LogP contribution < -0.4 is 9.62 Å². The summed E-state index contributed by atoms with van der Waals surface area (Å²) in [5.74, 6) is 0.402. The van der Waals surface area contributed by atoms with Crippen LogP contribution in [0, 0.1) is 20.8 Å². The van der Waals surface area contributed by atoms with Crippen molar-refractivity contribution in [3.63, 3.8) is 0 Å². The monoisotopic (exact) mass is 351 g/mol. The summed E-state index contributed by atoms with van der Waals surface area (Å²) in [6, 6.07) is 7.13. The highest BCUT2D eigenvalue weighted by molar-refractivity contribution is 7.92. The third kappa shape index (κ3) is 4.58. The standard InChI is InChI=1S/C16H21N3O4S/c1-11-5-6-14(9-12(11)2)17-16(20)7-8-19(24(4,21)22)15-10-13(3)23-18-15/h5-6,9-10H,7-8H2,1-4H3,(H,17,20). The van der Waals surface area contributed by atoms with E-state index in [0.29, 0.717) is 11.4 Å². The molecule has 0 radical (unpaired) electrons. The zero-order valence-electron chi connectivity index (χ0n) is 14.2. The smallest absolute Gasteiger partial charge is 0.233 e. The van der Waals surface area contributed by atoms with Gasteiger partial charge < -0.3 is 9.84 Å². The first-order chi connectivity index (χ1) is 11.2. The summed E-state index contributed by atoms with van der Waals surface area (Å²) in [5.41, 5.74) is 2.90. The summed E-state index contributed by atoms with van der Waals surface area (Å²) in [6.07, 6.45) is 1.07. The minimum absolute atomic E-state index is 0.00585. The van der Waals surface area contributed by atoms with Gasteiger partial charge in [-0.2, -0.15) is 0 Å². The summed E-state index contributed by atoms with van der Waals surface area (Å²) in [5, 5.41) is 6.48. The second kappa shape index (κ2) is 7.04. The first-order valence-corrected chi connectivity index (χ1v) is 9.30. The molecule has 0 bridgehead atoms. The van der Waals surface area contributed by atoms with E-state index in [9.17, 15) is 13.2 Å². The van der Waals surface area contributed by atoms with Gasteiger partial charge in [0.15, 0.2) is 5.82 Å². The Balaban J connectivity index is 2.03. The molecule has 0 aliphatic rings. The molecule has 1 heterocycles. The van der Waals surface area contributed by atoms with Crippen molar-refractivity contribution < 1.29 is 17.7 Å². The second-order valence-electron chi connectivity index (χ2n) is 5.73. The van der Waals surface area contributed by atoms with Gasteiger partial charge in [-0.25, -0.2) is 8.42 Å². The van der Waals surface area contributed by atoms with E-state index < -0.39 is 10.0 Å². The number of carbonyl (C=O) groups excluding carboxylic acids is 1. The predicted octanol–water partition coefficient (Wildman–Crippen LogP) is 2.39. The fraction of sp³-hybridized carbons (Fsp3) is 0.375. The number of rotatable bonds is 6. The molecule has 0 aliphatic carbocycles. The van der Waals surface area contributed by atoms with Gasteiger partial charge in [0.2, 0.25) is 15.9 Å². The zero-order chi connectivity index (χ0) is 17.9. The van der Waals surface area contributed by atoms with Crippen molar-refractivity contribution in [3.05, 3.63) is 41.2 Å². The van der Waals surface area contributed by atoms with Crippen LogP contribution in [0.3, 0.4) is 0 Å². The highest BCUT2D eigenvalue weighted by atomic mass is 32.2. The van der Waals surface area contributed by atoms with Crippen LogP contribution in [0.25, 0.3) is 0 Å². The predicted molar refractivity (Wildman–Crippen MR) is 92.6 cm³/mol. The van der Waals surface area contributed by atoms with Crippen molar-refractivity contribution in [2.75, 3.05) is 22.4 Å². The Kier molecular flexibility index (Phi) is 5.28. The number of carbonyl (C=O) groups is 1. The highest BCUT2D eigenvalue weighted by Gasteiger charge is 2.21. The average Bonchev–Trinajstić information content (AvgIpc) is 2.88. The molecular formula is C16H21N3O4S. The van der Waals surface area contributed by atoms with E-state index in [2.05, 4.69) is 10.5 Å². The number of sulfonamides is 1. The Morgan fingerprint density at radius 1 is 1.21 bits per heavy atom. The summed E-state index contributed by atoms with van der Waals surface area (Å²) >= 11 is 0. The number of aryl methyl sites for hydroxylation is 3. The molecule has 1 N–H and O–H groups in total. The molecule has 130 valence electrons. The van der Waals surface area contributed by atoms with E-state index in [1.807, 2.05) is 32.0 Å². The number of nitrogens with one attached hydrogen (secondary N) is 1. The van der Waals surface area contributed by atoms with Gasteiger partial charge in [0.1, 0.15) is 5.76 Å². The third-order valence-electron chi connectivity index (χ3n) is 3.60. The van der Waals surface area contributed by atoms with E-state index in [0.717, 1.165) is 21.7 Å². The lowest BCUT2D eigenvalue weighted by atomic mass is 10.1. The number of benzene rings is 1. The van der Waals surface area contributed by atoms with E-state index in [1.54, 1.807) is 6.92 Å². The molecule has 0 saturated heterocycles. The van der Waals surface area contributed by atoms with Gasteiger partial charge in [0.05, 0.1) is 6.26 Å². The molecule has 8 heteroatoms. The lowest BCUT2D eigenvalue weighted by Gasteiger charge is -2.18. The van der Waals surface area contributed by atoms with E-state index in [-0.39, 0.29) is 24.7 Å². The third-order valence-corrected chi connectivity index (χ3v) is 4.77. The molecule has 1 amide bonds. The van der Waals surface area contributed by atoms with Crippen LogP contribution in [-0.2, 0) is 14.8 Å². The molecule has 2 rings (SSSR count). The van der Waals surface area contributed by atoms with Crippen molar-refractivity contribution in [1.29, 1.82) is 0 Å². The van der Waals surface area contributed by atoms with E-state index in [4.69, 9.17) is 4.52 Å². The lowest BCUT2D eigenvalue weighted by molar-refractivity contribution is -0.116. The normalized spacial score (nSPS) is 11.3. The van der Waals surface area contributed by atoms with Crippen LogP contribution in [0.15, 0.2) is 28.8 Å². The average molecular weight is 351 g/mol. The van der Waals surface area contributed by atoms with Crippen molar-refractivity contribution >= 4 is 27.4 Å². The number of anilines is 2. The second-order valence-corrected chi connectivity index (χ2v) is 7.63. The Hall–Kier alpha value is -2.35. The molecule has 0 fully saturated rings. The van der Waals surface area contributed by atoms with E-state index >= 15 is 0 Å². The number of amides is 1. The number of hydrogen-bond acceptors (Lipinski definition) is 5. The molecule has 0 saturated carbocycles. The molecular weight excluding hydrogens is 330 g/mol. The van der Waals surface area contributed by atoms with Crippen LogP contribution in [0.5, 0.6) is 0 Å². The van der Waals surface area contributed by atoms with Crippen molar-refractivity contribution in [1.82, 2.24) is 5.16 Å². The van der Waals surface area contributed by atoms with Gasteiger partial charge in [0, 0.05) is 24.7 Å². The Morgan fingerprint density at radius 2 is 1.92 bits per heavy atom. The van der Waals surface area contributed by atoms with Gasteiger partial charge in [-0.05, 0) is 44.0 Å². The molecule has 24 heavy (non-hydrogen) atoms. The first kappa shape index (κ1) is 18.0. The Morgan fingerprint density at radius 3 is 2.46 bits per heavy atom. The van der Waals surface area contributed by atoms with Gasteiger partial charge in [-0.1, -0.05) is 11.2 Å². The molecule has 7 nitrogen and oxygen atoms in total. The topological polar surface area (TPSA) is 92.5 Å². The molecule has 0 atom stereocenters. The summed E-state index contributed by atoms with van der Waals surface area (Å²) in [6.45, 7) is 5.61. The van der Waals surface area contributed by atoms with Crippen molar-refractivity contribution in [2.45, 2.75) is 27.2 Å². The van der Waals surface area contributed by atoms with Crippen LogP contribution in [-0.4, -0.2) is 32.3 Å². The van der Waals surface area contributed by atoms with E-state index in [1.165, 1.54) is 6.07 Å². The highest BCUT2D eigenvalue weighted by Crippen LogP contribution is 2.18. The fourth-order valence-electron chi connectivity index (χ4n) is 2.17. The fourth-order valence-corrected chi connectivity index (χ4v) is 3.02. The van der Waals surface area contributed by atoms with Gasteiger partial charge in [-0.15, -0.1) is 0 Å². The summed E-state index contributed by atoms with van der Waals surface area (Å²) in [4.78, 5) is 12.1. The number of nitrogens with zero attached hydrogens (tertiary/aromatic N) is 2. The lowest BCUT2D eigenvalue weighted by Crippen LogP contribution is -2.33. The summed E-state index contributed by atoms with van der Waals surface area (Å²) in [7, 11) is -3.55. The minimum Gasteiger partial charge on any atom is -0.360 e. The molecule has 1 aromatic carbocycles.